The highest BCUT2D eigenvalue weighted by molar-refractivity contribution is 7.86. The molecule has 168 valence electrons. The van der Waals surface area contributed by atoms with Crippen LogP contribution < -0.4 is 0 Å². The van der Waals surface area contributed by atoms with Crippen LogP contribution >= 0.6 is 0 Å². The smallest absolute Gasteiger partial charge is 0.282 e. The number of hydrogen-bond donors (Lipinski definition) is 1. The molecule has 0 saturated carbocycles. The summed E-state index contributed by atoms with van der Waals surface area (Å²) >= 11 is 0. The molecule has 1 N–H and O–H groups in total. The van der Waals surface area contributed by atoms with Gasteiger partial charge in [-0.1, -0.05) is 102 Å². The Morgan fingerprint density at radius 3 is 1.77 bits per heavy atom. The summed E-state index contributed by atoms with van der Waals surface area (Å²) in [6.07, 6.45) is 16.6. The molecule has 0 unspecified atom stereocenters. The highest BCUT2D eigenvalue weighted by Gasteiger charge is 2.19. The number of hydrogen-bond acceptors (Lipinski definition) is 2. The van der Waals surface area contributed by atoms with E-state index in [4.69, 9.17) is 0 Å². The molecular weight excluding hydrogens is 392 g/mol. The van der Waals surface area contributed by atoms with E-state index in [0.717, 1.165) is 36.6 Å². The molecular formula is C26H40O3S. The molecule has 0 amide bonds. The molecule has 0 fully saturated rings. The van der Waals surface area contributed by atoms with Crippen molar-refractivity contribution in [2.24, 2.45) is 0 Å². The van der Waals surface area contributed by atoms with Crippen molar-refractivity contribution in [3.05, 3.63) is 41.5 Å². The van der Waals surface area contributed by atoms with Gasteiger partial charge < -0.3 is 0 Å². The van der Waals surface area contributed by atoms with E-state index in [0.29, 0.717) is 5.39 Å². The summed E-state index contributed by atoms with van der Waals surface area (Å²) in [5.74, 6) is 0. The van der Waals surface area contributed by atoms with Crippen LogP contribution in [-0.4, -0.2) is 13.0 Å². The number of benzene rings is 2. The SMILES string of the molecule is CCCCCCCCc1cc(S(=O)(=O)O)c2ccccc2c1CCCCCCCC. The summed E-state index contributed by atoms with van der Waals surface area (Å²) in [5.41, 5.74) is 2.38. The first-order valence-corrected chi connectivity index (χ1v) is 13.4. The van der Waals surface area contributed by atoms with Crippen molar-refractivity contribution in [2.75, 3.05) is 0 Å². The number of rotatable bonds is 15. The lowest BCUT2D eigenvalue weighted by molar-refractivity contribution is 0.484. The fourth-order valence-electron chi connectivity index (χ4n) is 4.37. The summed E-state index contributed by atoms with van der Waals surface area (Å²) < 4.78 is 34.0. The van der Waals surface area contributed by atoms with Gasteiger partial charge in [-0.15, -0.1) is 0 Å². The standard InChI is InChI=1S/C26H40O3S/c1-3-5-7-9-11-13-17-22-21-26(30(27,28)29)25-20-16-15-19-24(25)23(22)18-14-12-10-8-6-4-2/h15-16,19-21H,3-14,17-18H2,1-2H3,(H,27,28,29). The van der Waals surface area contributed by atoms with Crippen LogP contribution in [0.3, 0.4) is 0 Å². The third-order valence-electron chi connectivity index (χ3n) is 6.07. The number of aryl methyl sites for hydroxylation is 2. The number of fused-ring (bicyclic) bond motifs is 1. The van der Waals surface area contributed by atoms with Crippen LogP contribution in [0, 0.1) is 0 Å². The second-order valence-corrected chi connectivity index (χ2v) is 9.96. The first-order valence-electron chi connectivity index (χ1n) is 12.0. The lowest BCUT2D eigenvalue weighted by Crippen LogP contribution is -2.05. The minimum atomic E-state index is -4.25. The third-order valence-corrected chi connectivity index (χ3v) is 6.96. The lowest BCUT2D eigenvalue weighted by atomic mass is 9.91. The second kappa shape index (κ2) is 13.1. The molecule has 0 aliphatic carbocycles. The van der Waals surface area contributed by atoms with Crippen LogP contribution in [0.2, 0.25) is 0 Å². The molecule has 2 rings (SSSR count). The fourth-order valence-corrected chi connectivity index (χ4v) is 5.11. The van der Waals surface area contributed by atoms with Crippen molar-refractivity contribution in [1.82, 2.24) is 0 Å². The minimum absolute atomic E-state index is 0.0609. The zero-order valence-corrected chi connectivity index (χ0v) is 19.8. The van der Waals surface area contributed by atoms with Crippen molar-refractivity contribution in [3.63, 3.8) is 0 Å². The molecule has 0 saturated heterocycles. The zero-order chi connectivity index (χ0) is 21.8. The van der Waals surface area contributed by atoms with Crippen molar-refractivity contribution in [3.8, 4) is 0 Å². The molecule has 0 spiro atoms. The lowest BCUT2D eigenvalue weighted by Gasteiger charge is -2.16. The van der Waals surface area contributed by atoms with Gasteiger partial charge in [-0.25, -0.2) is 0 Å². The Hall–Kier alpha value is -1.39. The van der Waals surface area contributed by atoms with Gasteiger partial charge in [0.15, 0.2) is 0 Å². The predicted octanol–water partition coefficient (Wildman–Crippen LogP) is 7.89. The molecule has 0 radical (unpaired) electrons. The van der Waals surface area contributed by atoms with Crippen LogP contribution in [0.25, 0.3) is 10.8 Å². The molecule has 0 atom stereocenters. The summed E-state index contributed by atoms with van der Waals surface area (Å²) in [6.45, 7) is 4.46. The van der Waals surface area contributed by atoms with Crippen LogP contribution in [0.1, 0.15) is 102 Å². The van der Waals surface area contributed by atoms with Gasteiger partial charge >= 0.3 is 0 Å². The van der Waals surface area contributed by atoms with E-state index in [9.17, 15) is 13.0 Å². The fraction of sp³-hybridized carbons (Fsp3) is 0.615. The number of unbranched alkanes of at least 4 members (excludes halogenated alkanes) is 10. The maximum Gasteiger partial charge on any atom is 0.295 e. The van der Waals surface area contributed by atoms with Crippen molar-refractivity contribution >= 4 is 20.9 Å². The van der Waals surface area contributed by atoms with Crippen molar-refractivity contribution < 1.29 is 13.0 Å². The summed E-state index contributed by atoms with van der Waals surface area (Å²) in [6, 6.07) is 9.39. The average molecular weight is 433 g/mol. The van der Waals surface area contributed by atoms with Crippen molar-refractivity contribution in [1.29, 1.82) is 0 Å². The maximum absolute atomic E-state index is 12.1. The average Bonchev–Trinajstić information content (AvgIpc) is 2.72. The van der Waals surface area contributed by atoms with Crippen LogP contribution in [0.15, 0.2) is 35.2 Å². The van der Waals surface area contributed by atoms with Crippen LogP contribution in [-0.2, 0) is 23.0 Å². The molecule has 3 nitrogen and oxygen atoms in total. The van der Waals surface area contributed by atoms with E-state index in [1.807, 2.05) is 24.3 Å². The summed E-state index contributed by atoms with van der Waals surface area (Å²) in [4.78, 5) is 0.0609. The Labute approximate surface area is 184 Å². The second-order valence-electron chi connectivity index (χ2n) is 8.57. The zero-order valence-electron chi connectivity index (χ0n) is 19.0. The van der Waals surface area contributed by atoms with Crippen molar-refractivity contribution in [2.45, 2.75) is 109 Å². The Morgan fingerprint density at radius 2 is 1.20 bits per heavy atom. The molecule has 30 heavy (non-hydrogen) atoms. The van der Waals surface area contributed by atoms with E-state index in [1.165, 1.54) is 69.8 Å². The Morgan fingerprint density at radius 1 is 0.700 bits per heavy atom. The van der Waals surface area contributed by atoms with Gasteiger partial charge in [-0.2, -0.15) is 8.42 Å². The molecule has 0 bridgehead atoms. The molecule has 2 aromatic carbocycles. The quantitative estimate of drug-likeness (QED) is 0.230. The van der Waals surface area contributed by atoms with E-state index in [1.54, 1.807) is 6.07 Å². The highest BCUT2D eigenvalue weighted by atomic mass is 32.2. The first kappa shape index (κ1) is 24.9. The molecule has 0 aliphatic heterocycles. The molecule has 0 heterocycles. The van der Waals surface area contributed by atoms with Gasteiger partial charge in [0.05, 0.1) is 0 Å². The topological polar surface area (TPSA) is 54.4 Å². The van der Waals surface area contributed by atoms with Crippen LogP contribution in [0.5, 0.6) is 0 Å². The highest BCUT2D eigenvalue weighted by Crippen LogP contribution is 2.32. The minimum Gasteiger partial charge on any atom is -0.282 e. The van der Waals surface area contributed by atoms with Gasteiger partial charge in [0.25, 0.3) is 10.1 Å². The third kappa shape index (κ3) is 7.70. The molecule has 0 aromatic heterocycles. The Balaban J connectivity index is 2.23. The first-order chi connectivity index (χ1) is 14.5. The van der Waals surface area contributed by atoms with E-state index >= 15 is 0 Å². The molecule has 4 heteroatoms. The van der Waals surface area contributed by atoms with Crippen LogP contribution in [0.4, 0.5) is 0 Å². The largest absolute Gasteiger partial charge is 0.295 e. The monoisotopic (exact) mass is 432 g/mol. The molecule has 0 aliphatic rings. The van der Waals surface area contributed by atoms with E-state index in [2.05, 4.69) is 13.8 Å². The summed E-state index contributed by atoms with van der Waals surface area (Å²) in [7, 11) is -4.25. The maximum atomic E-state index is 12.1. The van der Waals surface area contributed by atoms with Gasteiger partial charge in [-0.3, -0.25) is 4.55 Å². The Kier molecular flexibility index (Phi) is 10.9. The Bertz CT molecular complexity index is 871. The van der Waals surface area contributed by atoms with Gasteiger partial charge in [0, 0.05) is 5.39 Å². The predicted molar refractivity (Wildman–Crippen MR) is 128 cm³/mol. The van der Waals surface area contributed by atoms with E-state index < -0.39 is 10.1 Å². The molecule has 2 aromatic rings. The van der Waals surface area contributed by atoms with Gasteiger partial charge in [0.1, 0.15) is 4.90 Å². The van der Waals surface area contributed by atoms with E-state index in [-0.39, 0.29) is 4.90 Å². The normalized spacial score (nSPS) is 12.0. The van der Waals surface area contributed by atoms with Gasteiger partial charge in [-0.05, 0) is 48.3 Å². The summed E-state index contributed by atoms with van der Waals surface area (Å²) in [5, 5.41) is 1.63. The van der Waals surface area contributed by atoms with Gasteiger partial charge in [0.2, 0.25) is 0 Å².